The lowest BCUT2D eigenvalue weighted by atomic mass is 9.75. The zero-order valence-corrected chi connectivity index (χ0v) is 11.7. The minimum absolute atomic E-state index is 0.140. The molecule has 0 radical (unpaired) electrons. The fourth-order valence-corrected chi connectivity index (χ4v) is 3.62. The predicted molar refractivity (Wildman–Crippen MR) is 79.0 cm³/mol. The summed E-state index contributed by atoms with van der Waals surface area (Å²) in [5.74, 6) is 2.80. The van der Waals surface area contributed by atoms with Gasteiger partial charge in [0.1, 0.15) is 5.82 Å². The molecule has 2 fully saturated rings. The van der Waals surface area contributed by atoms with Crippen LogP contribution in [0, 0.1) is 11.8 Å². The Balaban J connectivity index is 1.76. The first-order chi connectivity index (χ1) is 9.78. The highest BCUT2D eigenvalue weighted by Gasteiger charge is 2.31. The molecule has 1 aliphatic heterocycles. The van der Waals surface area contributed by atoms with Crippen molar-refractivity contribution in [2.45, 2.75) is 32.1 Å². The highest BCUT2D eigenvalue weighted by atomic mass is 16.4. The number of oxime groups is 1. The Labute approximate surface area is 119 Å². The summed E-state index contributed by atoms with van der Waals surface area (Å²) in [6, 6.07) is 3.68. The van der Waals surface area contributed by atoms with E-state index >= 15 is 0 Å². The van der Waals surface area contributed by atoms with Crippen LogP contribution in [-0.2, 0) is 0 Å². The second-order valence-corrected chi connectivity index (χ2v) is 5.93. The first kappa shape index (κ1) is 13.2. The number of hydrogen-bond acceptors (Lipinski definition) is 4. The maximum absolute atomic E-state index is 8.77. The maximum Gasteiger partial charge on any atom is 0.170 e. The molecule has 2 aliphatic rings. The molecule has 1 saturated heterocycles. The molecule has 2 unspecified atom stereocenters. The summed E-state index contributed by atoms with van der Waals surface area (Å²) >= 11 is 0. The Kier molecular flexibility index (Phi) is 3.76. The van der Waals surface area contributed by atoms with Crippen LogP contribution in [0.3, 0.4) is 0 Å². The van der Waals surface area contributed by atoms with Gasteiger partial charge < -0.3 is 15.8 Å². The number of nitrogens with two attached hydrogens (primary N) is 1. The Morgan fingerprint density at radius 2 is 2.10 bits per heavy atom. The summed E-state index contributed by atoms with van der Waals surface area (Å²) in [7, 11) is 0. The summed E-state index contributed by atoms with van der Waals surface area (Å²) in [6.45, 7) is 2.16. The molecule has 1 aromatic heterocycles. The molecule has 0 aromatic carbocycles. The average Bonchev–Trinajstić information content (AvgIpc) is 2.53. The van der Waals surface area contributed by atoms with Crippen molar-refractivity contribution >= 4 is 11.7 Å². The van der Waals surface area contributed by atoms with Crippen LogP contribution in [0.2, 0.25) is 0 Å². The van der Waals surface area contributed by atoms with Gasteiger partial charge in [0.15, 0.2) is 5.84 Å². The minimum Gasteiger partial charge on any atom is -0.409 e. The van der Waals surface area contributed by atoms with E-state index in [-0.39, 0.29) is 5.84 Å². The van der Waals surface area contributed by atoms with Gasteiger partial charge >= 0.3 is 0 Å². The van der Waals surface area contributed by atoms with E-state index in [0.29, 0.717) is 0 Å². The molecule has 0 spiro atoms. The van der Waals surface area contributed by atoms with Crippen LogP contribution in [0.15, 0.2) is 23.5 Å². The maximum atomic E-state index is 8.77. The third-order valence-corrected chi connectivity index (χ3v) is 4.76. The normalized spacial score (nSPS) is 27.2. The lowest BCUT2D eigenvalue weighted by Crippen LogP contribution is -2.42. The number of hydrogen-bond donors (Lipinski definition) is 2. The van der Waals surface area contributed by atoms with Crippen molar-refractivity contribution in [1.29, 1.82) is 0 Å². The molecule has 108 valence electrons. The van der Waals surface area contributed by atoms with Crippen molar-refractivity contribution < 1.29 is 5.21 Å². The van der Waals surface area contributed by atoms with Gasteiger partial charge in [0.05, 0.1) is 0 Å². The summed E-state index contributed by atoms with van der Waals surface area (Å²) in [4.78, 5) is 6.80. The highest BCUT2D eigenvalue weighted by Crippen LogP contribution is 2.37. The number of aromatic nitrogens is 1. The lowest BCUT2D eigenvalue weighted by molar-refractivity contribution is 0.202. The third kappa shape index (κ3) is 2.57. The van der Waals surface area contributed by atoms with Crippen LogP contribution in [0.4, 0.5) is 5.82 Å². The Morgan fingerprint density at radius 3 is 2.90 bits per heavy atom. The molecule has 1 saturated carbocycles. The minimum atomic E-state index is 0.140. The summed E-state index contributed by atoms with van der Waals surface area (Å²) in [5.41, 5.74) is 6.38. The predicted octanol–water partition coefficient (Wildman–Crippen LogP) is 2.19. The standard InChI is InChI=1S/C15H22N4O/c16-15(18-20)12-5-7-17-14(9-12)19-8-6-11-3-1-2-4-13(11)10-19/h5,7,9,11,13,20H,1-4,6,8,10H2,(H2,16,18). The number of fused-ring (bicyclic) bond motifs is 1. The van der Waals surface area contributed by atoms with Gasteiger partial charge in [0, 0.05) is 24.8 Å². The molecule has 2 heterocycles. The summed E-state index contributed by atoms with van der Waals surface area (Å²) in [6.07, 6.45) is 8.51. The number of rotatable bonds is 2. The zero-order valence-electron chi connectivity index (χ0n) is 11.7. The fraction of sp³-hybridized carbons (Fsp3) is 0.600. The highest BCUT2D eigenvalue weighted by molar-refractivity contribution is 5.97. The summed E-state index contributed by atoms with van der Waals surface area (Å²) in [5, 5.41) is 11.8. The molecular weight excluding hydrogens is 252 g/mol. The smallest absolute Gasteiger partial charge is 0.170 e. The Hall–Kier alpha value is -1.78. The summed E-state index contributed by atoms with van der Waals surface area (Å²) < 4.78 is 0. The molecule has 1 aromatic rings. The van der Waals surface area contributed by atoms with E-state index in [2.05, 4.69) is 15.0 Å². The molecule has 20 heavy (non-hydrogen) atoms. The van der Waals surface area contributed by atoms with E-state index in [1.54, 1.807) is 12.3 Å². The first-order valence-corrected chi connectivity index (χ1v) is 7.47. The van der Waals surface area contributed by atoms with E-state index in [1.807, 2.05) is 6.07 Å². The molecule has 2 atom stereocenters. The van der Waals surface area contributed by atoms with Crippen molar-refractivity contribution in [3.63, 3.8) is 0 Å². The quantitative estimate of drug-likeness (QED) is 0.375. The number of piperidine rings is 1. The van der Waals surface area contributed by atoms with Crippen LogP contribution < -0.4 is 10.6 Å². The second-order valence-electron chi connectivity index (χ2n) is 5.93. The second kappa shape index (κ2) is 5.69. The van der Waals surface area contributed by atoms with Crippen molar-refractivity contribution in [2.75, 3.05) is 18.0 Å². The molecule has 1 aliphatic carbocycles. The van der Waals surface area contributed by atoms with Crippen LogP contribution >= 0.6 is 0 Å². The largest absolute Gasteiger partial charge is 0.409 e. The van der Waals surface area contributed by atoms with E-state index in [1.165, 1.54) is 32.1 Å². The first-order valence-electron chi connectivity index (χ1n) is 7.47. The fourth-order valence-electron chi connectivity index (χ4n) is 3.62. The average molecular weight is 274 g/mol. The molecule has 0 amide bonds. The molecule has 3 N–H and O–H groups in total. The molecular formula is C15H22N4O. The van der Waals surface area contributed by atoms with Crippen molar-refractivity contribution in [3.8, 4) is 0 Å². The van der Waals surface area contributed by atoms with Crippen molar-refractivity contribution in [3.05, 3.63) is 23.9 Å². The van der Waals surface area contributed by atoms with Crippen LogP contribution in [0.1, 0.15) is 37.7 Å². The molecule has 3 rings (SSSR count). The molecule has 5 nitrogen and oxygen atoms in total. The van der Waals surface area contributed by atoms with E-state index in [4.69, 9.17) is 10.9 Å². The van der Waals surface area contributed by atoms with Gasteiger partial charge in [0.2, 0.25) is 0 Å². The zero-order chi connectivity index (χ0) is 13.9. The van der Waals surface area contributed by atoms with Crippen molar-refractivity contribution in [1.82, 2.24) is 4.98 Å². The van der Waals surface area contributed by atoms with Gasteiger partial charge in [-0.1, -0.05) is 24.4 Å². The van der Waals surface area contributed by atoms with Crippen molar-refractivity contribution in [2.24, 2.45) is 22.7 Å². The van der Waals surface area contributed by atoms with Crippen LogP contribution in [-0.4, -0.2) is 29.1 Å². The van der Waals surface area contributed by atoms with Gasteiger partial charge in [-0.15, -0.1) is 0 Å². The molecule has 0 bridgehead atoms. The third-order valence-electron chi connectivity index (χ3n) is 4.76. The van der Waals surface area contributed by atoms with E-state index in [0.717, 1.165) is 36.3 Å². The van der Waals surface area contributed by atoms with Gasteiger partial charge in [-0.2, -0.15) is 0 Å². The lowest BCUT2D eigenvalue weighted by Gasteiger charge is -2.41. The Bertz CT molecular complexity index is 502. The number of pyridine rings is 1. The van der Waals surface area contributed by atoms with E-state index in [9.17, 15) is 0 Å². The Morgan fingerprint density at radius 1 is 1.30 bits per heavy atom. The molecule has 5 heteroatoms. The van der Waals surface area contributed by atoms with E-state index < -0.39 is 0 Å². The van der Waals surface area contributed by atoms with Gasteiger partial charge in [-0.3, -0.25) is 0 Å². The number of amidine groups is 1. The number of nitrogens with zero attached hydrogens (tertiary/aromatic N) is 3. The SMILES string of the molecule is N/C(=N\O)c1ccnc(N2CCC3CCCCC3C2)c1. The number of anilines is 1. The monoisotopic (exact) mass is 274 g/mol. The van der Waals surface area contributed by atoms with Gasteiger partial charge in [-0.05, 0) is 36.8 Å². The van der Waals surface area contributed by atoms with Crippen LogP contribution in [0.25, 0.3) is 0 Å². The van der Waals surface area contributed by atoms with Gasteiger partial charge in [-0.25, -0.2) is 4.98 Å². The topological polar surface area (TPSA) is 74.7 Å². The van der Waals surface area contributed by atoms with Crippen LogP contribution in [0.5, 0.6) is 0 Å². The van der Waals surface area contributed by atoms with Gasteiger partial charge in [0.25, 0.3) is 0 Å².